The number of carbonyl (C=O) groups excluding carboxylic acids is 2. The third-order valence-electron chi connectivity index (χ3n) is 5.53. The van der Waals surface area contributed by atoms with Crippen LogP contribution in [0.1, 0.15) is 44.1 Å². The summed E-state index contributed by atoms with van der Waals surface area (Å²) in [7, 11) is 0. The van der Waals surface area contributed by atoms with Gasteiger partial charge in [-0.05, 0) is 43.7 Å². The molecule has 23 heavy (non-hydrogen) atoms. The van der Waals surface area contributed by atoms with Crippen LogP contribution in [0.25, 0.3) is 0 Å². The van der Waals surface area contributed by atoms with E-state index in [-0.39, 0.29) is 17.4 Å². The Morgan fingerprint density at radius 1 is 1.35 bits per heavy atom. The maximum atomic E-state index is 12.5. The molecule has 0 N–H and O–H groups in total. The van der Waals surface area contributed by atoms with Gasteiger partial charge in [0, 0.05) is 44.4 Å². The fraction of sp³-hybridized carbons (Fsp3) is 0.611. The lowest BCUT2D eigenvalue weighted by Crippen LogP contribution is -2.57. The van der Waals surface area contributed by atoms with E-state index in [1.165, 1.54) is 0 Å². The molecule has 1 aromatic rings. The molecule has 0 aromatic carbocycles. The van der Waals surface area contributed by atoms with Crippen LogP contribution in [0.3, 0.4) is 0 Å². The van der Waals surface area contributed by atoms with Crippen LogP contribution in [0.15, 0.2) is 24.5 Å². The van der Waals surface area contributed by atoms with Crippen molar-refractivity contribution in [2.24, 2.45) is 5.92 Å². The van der Waals surface area contributed by atoms with Gasteiger partial charge in [0.1, 0.15) is 0 Å². The zero-order valence-electron chi connectivity index (χ0n) is 13.4. The quantitative estimate of drug-likeness (QED) is 0.857. The highest BCUT2D eigenvalue weighted by molar-refractivity contribution is 5.82. The Kier molecular flexibility index (Phi) is 3.58. The number of nitrogens with zero attached hydrogens (tertiary/aromatic N) is 3. The summed E-state index contributed by atoms with van der Waals surface area (Å²) < 4.78 is 0. The molecular weight excluding hydrogens is 290 g/mol. The highest BCUT2D eigenvalue weighted by Gasteiger charge is 2.49. The number of hydrogen-bond donors (Lipinski definition) is 0. The van der Waals surface area contributed by atoms with Crippen LogP contribution in [-0.4, -0.2) is 45.2 Å². The zero-order valence-corrected chi connectivity index (χ0v) is 13.4. The van der Waals surface area contributed by atoms with Crippen molar-refractivity contribution < 1.29 is 9.59 Å². The summed E-state index contributed by atoms with van der Waals surface area (Å²) in [6.45, 7) is 2.18. The number of piperidine rings is 1. The van der Waals surface area contributed by atoms with Crippen LogP contribution in [0.4, 0.5) is 0 Å². The summed E-state index contributed by atoms with van der Waals surface area (Å²) in [4.78, 5) is 33.1. The second-order valence-corrected chi connectivity index (χ2v) is 7.20. The molecule has 2 saturated heterocycles. The number of amides is 2. The van der Waals surface area contributed by atoms with Gasteiger partial charge in [-0.3, -0.25) is 14.6 Å². The summed E-state index contributed by atoms with van der Waals surface area (Å²) in [6.07, 6.45) is 9.15. The molecule has 1 spiro atoms. The Labute approximate surface area is 136 Å². The molecule has 1 saturated carbocycles. The van der Waals surface area contributed by atoms with Crippen molar-refractivity contribution in [3.8, 4) is 0 Å². The normalized spacial score (nSPS) is 27.7. The molecule has 5 heteroatoms. The Balaban J connectivity index is 1.54. The zero-order chi connectivity index (χ0) is 15.9. The Morgan fingerprint density at radius 2 is 2.22 bits per heavy atom. The maximum Gasteiger partial charge on any atom is 0.225 e. The number of carbonyl (C=O) groups is 2. The lowest BCUT2D eigenvalue weighted by molar-refractivity contribution is -0.141. The molecule has 0 radical (unpaired) electrons. The molecule has 1 atom stereocenters. The molecule has 1 unspecified atom stereocenters. The second kappa shape index (κ2) is 5.62. The van der Waals surface area contributed by atoms with Gasteiger partial charge in [0.15, 0.2) is 0 Å². The summed E-state index contributed by atoms with van der Waals surface area (Å²) in [5, 5.41) is 0. The van der Waals surface area contributed by atoms with Gasteiger partial charge in [-0.2, -0.15) is 0 Å². The fourth-order valence-electron chi connectivity index (χ4n) is 4.12. The predicted octanol–water partition coefficient (Wildman–Crippen LogP) is 1.98. The predicted molar refractivity (Wildman–Crippen MR) is 85.3 cm³/mol. The van der Waals surface area contributed by atoms with Crippen LogP contribution in [0.2, 0.25) is 0 Å². The highest BCUT2D eigenvalue weighted by atomic mass is 16.2. The standard InChI is InChI=1S/C18H23N3O2/c22-16-6-8-18(21(16)12-14-3-1-9-19-11-14)7-2-10-20(13-18)17(23)15-4-5-15/h1,3,9,11,15H,2,4-8,10,12-13H2. The average molecular weight is 313 g/mol. The average Bonchev–Trinajstić information content (AvgIpc) is 3.39. The van der Waals surface area contributed by atoms with Crippen molar-refractivity contribution in [2.45, 2.75) is 50.6 Å². The fourth-order valence-corrected chi connectivity index (χ4v) is 4.12. The Morgan fingerprint density at radius 3 is 2.96 bits per heavy atom. The molecule has 3 aliphatic rings. The Hall–Kier alpha value is -1.91. The van der Waals surface area contributed by atoms with E-state index < -0.39 is 0 Å². The second-order valence-electron chi connectivity index (χ2n) is 7.20. The van der Waals surface area contributed by atoms with Crippen molar-refractivity contribution in [3.05, 3.63) is 30.1 Å². The summed E-state index contributed by atoms with van der Waals surface area (Å²) in [5.41, 5.74) is 0.906. The molecule has 3 heterocycles. The Bertz CT molecular complexity index is 614. The van der Waals surface area contributed by atoms with Crippen LogP contribution < -0.4 is 0 Å². The minimum absolute atomic E-state index is 0.157. The number of hydrogen-bond acceptors (Lipinski definition) is 3. The topological polar surface area (TPSA) is 53.5 Å². The van der Waals surface area contributed by atoms with Gasteiger partial charge in [0.05, 0.1) is 5.54 Å². The van der Waals surface area contributed by atoms with E-state index in [1.807, 2.05) is 28.1 Å². The maximum absolute atomic E-state index is 12.5. The first-order valence-corrected chi connectivity index (χ1v) is 8.66. The highest BCUT2D eigenvalue weighted by Crippen LogP contribution is 2.40. The minimum Gasteiger partial charge on any atom is -0.340 e. The summed E-state index contributed by atoms with van der Waals surface area (Å²) in [5.74, 6) is 0.786. The first-order chi connectivity index (χ1) is 11.2. The van der Waals surface area contributed by atoms with E-state index in [4.69, 9.17) is 0 Å². The van der Waals surface area contributed by atoms with Gasteiger partial charge in [-0.25, -0.2) is 0 Å². The lowest BCUT2D eigenvalue weighted by atomic mass is 9.86. The molecule has 2 aliphatic heterocycles. The van der Waals surface area contributed by atoms with Crippen LogP contribution in [0.5, 0.6) is 0 Å². The van der Waals surface area contributed by atoms with E-state index in [2.05, 4.69) is 4.98 Å². The molecule has 1 aliphatic carbocycles. The monoisotopic (exact) mass is 313 g/mol. The van der Waals surface area contributed by atoms with Gasteiger partial charge >= 0.3 is 0 Å². The molecule has 122 valence electrons. The van der Waals surface area contributed by atoms with E-state index in [9.17, 15) is 9.59 Å². The third-order valence-corrected chi connectivity index (χ3v) is 5.53. The lowest BCUT2D eigenvalue weighted by Gasteiger charge is -2.46. The van der Waals surface area contributed by atoms with Gasteiger partial charge in [-0.15, -0.1) is 0 Å². The molecular formula is C18H23N3O2. The van der Waals surface area contributed by atoms with Gasteiger partial charge in [-0.1, -0.05) is 6.07 Å². The van der Waals surface area contributed by atoms with Crippen molar-refractivity contribution in [2.75, 3.05) is 13.1 Å². The third kappa shape index (κ3) is 2.73. The molecule has 2 amide bonds. The van der Waals surface area contributed by atoms with Gasteiger partial charge in [0.25, 0.3) is 0 Å². The SMILES string of the molecule is O=C(C1CC1)N1CCCC2(CCC(=O)N2Cc2cccnc2)C1. The smallest absolute Gasteiger partial charge is 0.225 e. The van der Waals surface area contributed by atoms with E-state index in [0.29, 0.717) is 25.4 Å². The van der Waals surface area contributed by atoms with Crippen molar-refractivity contribution in [1.29, 1.82) is 0 Å². The van der Waals surface area contributed by atoms with Crippen molar-refractivity contribution in [3.63, 3.8) is 0 Å². The van der Waals surface area contributed by atoms with E-state index in [0.717, 1.165) is 44.2 Å². The van der Waals surface area contributed by atoms with Crippen LogP contribution in [-0.2, 0) is 16.1 Å². The van der Waals surface area contributed by atoms with Gasteiger partial charge < -0.3 is 9.80 Å². The number of likely N-dealkylation sites (tertiary alicyclic amines) is 2. The number of aromatic nitrogens is 1. The van der Waals surface area contributed by atoms with E-state index >= 15 is 0 Å². The molecule has 5 nitrogen and oxygen atoms in total. The van der Waals surface area contributed by atoms with Crippen LogP contribution >= 0.6 is 0 Å². The largest absolute Gasteiger partial charge is 0.340 e. The first kappa shape index (κ1) is 14.7. The molecule has 1 aromatic heterocycles. The van der Waals surface area contributed by atoms with Crippen molar-refractivity contribution >= 4 is 11.8 Å². The minimum atomic E-state index is -0.157. The van der Waals surface area contributed by atoms with Crippen molar-refractivity contribution in [1.82, 2.24) is 14.8 Å². The molecule has 0 bridgehead atoms. The van der Waals surface area contributed by atoms with Crippen LogP contribution in [0, 0.1) is 5.92 Å². The number of pyridine rings is 1. The first-order valence-electron chi connectivity index (χ1n) is 8.66. The summed E-state index contributed by atoms with van der Waals surface area (Å²) in [6, 6.07) is 3.93. The molecule has 4 rings (SSSR count). The summed E-state index contributed by atoms with van der Waals surface area (Å²) >= 11 is 0. The van der Waals surface area contributed by atoms with Gasteiger partial charge in [0.2, 0.25) is 11.8 Å². The number of rotatable bonds is 3. The van der Waals surface area contributed by atoms with E-state index in [1.54, 1.807) is 6.20 Å². The molecule has 3 fully saturated rings.